The Morgan fingerprint density at radius 3 is 2.83 bits per heavy atom. The Labute approximate surface area is 117 Å². The quantitative estimate of drug-likeness (QED) is 0.785. The van der Waals surface area contributed by atoms with E-state index < -0.39 is 0 Å². The van der Waals surface area contributed by atoms with Crippen LogP contribution in [0.15, 0.2) is 41.0 Å². The highest BCUT2D eigenvalue weighted by Crippen LogP contribution is 2.30. The number of benzene rings is 1. The van der Waals surface area contributed by atoms with Crippen LogP contribution in [0, 0.1) is 0 Å². The van der Waals surface area contributed by atoms with Crippen LogP contribution < -0.4 is 5.73 Å². The van der Waals surface area contributed by atoms with Gasteiger partial charge in [0.25, 0.3) is 0 Å². The second-order valence-corrected chi connectivity index (χ2v) is 5.83. The van der Waals surface area contributed by atoms with Gasteiger partial charge in [0, 0.05) is 17.2 Å². The lowest BCUT2D eigenvalue weighted by Crippen LogP contribution is -1.96. The molecule has 0 aliphatic heterocycles. The molecule has 18 heavy (non-hydrogen) atoms. The fourth-order valence-electron chi connectivity index (χ4n) is 1.68. The molecule has 0 saturated heterocycles. The molecule has 0 aliphatic rings. The van der Waals surface area contributed by atoms with Gasteiger partial charge in [0.1, 0.15) is 5.01 Å². The van der Waals surface area contributed by atoms with Crippen LogP contribution in [0.4, 0.5) is 0 Å². The molecule has 0 fully saturated rings. The van der Waals surface area contributed by atoms with E-state index in [4.69, 9.17) is 5.73 Å². The first-order valence-electron chi connectivity index (χ1n) is 5.48. The summed E-state index contributed by atoms with van der Waals surface area (Å²) in [6.07, 6.45) is 1.80. The zero-order valence-electron chi connectivity index (χ0n) is 9.43. The van der Waals surface area contributed by atoms with E-state index in [1.807, 2.05) is 24.3 Å². The molecule has 90 valence electrons. The highest BCUT2D eigenvalue weighted by molar-refractivity contribution is 9.10. The Morgan fingerprint density at radius 1 is 1.22 bits per heavy atom. The SMILES string of the molecule is NCc1ccc(-c2nc3cc(Br)ccc3s2)nc1. The van der Waals surface area contributed by atoms with Crippen LogP contribution in [0.2, 0.25) is 0 Å². The van der Waals surface area contributed by atoms with Gasteiger partial charge in [-0.1, -0.05) is 22.0 Å². The van der Waals surface area contributed by atoms with Gasteiger partial charge >= 0.3 is 0 Å². The standard InChI is InChI=1S/C13H10BrN3S/c14-9-2-4-12-11(5-9)17-13(18-12)10-3-1-8(6-15)7-16-10/h1-5,7H,6,15H2. The number of rotatable bonds is 2. The van der Waals surface area contributed by atoms with Crippen molar-refractivity contribution >= 4 is 37.5 Å². The third-order valence-corrected chi connectivity index (χ3v) is 4.18. The number of hydrogen-bond acceptors (Lipinski definition) is 4. The molecule has 0 amide bonds. The van der Waals surface area contributed by atoms with Crippen LogP contribution in [0.25, 0.3) is 20.9 Å². The summed E-state index contributed by atoms with van der Waals surface area (Å²) in [5.74, 6) is 0. The average Bonchev–Trinajstić information content (AvgIpc) is 2.81. The maximum Gasteiger partial charge on any atom is 0.143 e. The summed E-state index contributed by atoms with van der Waals surface area (Å²) in [4.78, 5) is 8.99. The van der Waals surface area contributed by atoms with E-state index >= 15 is 0 Å². The Morgan fingerprint density at radius 2 is 2.11 bits per heavy atom. The van der Waals surface area contributed by atoms with E-state index in [0.717, 1.165) is 31.0 Å². The van der Waals surface area contributed by atoms with E-state index in [1.54, 1.807) is 17.5 Å². The molecular formula is C13H10BrN3S. The van der Waals surface area contributed by atoms with Crippen molar-refractivity contribution in [3.05, 3.63) is 46.6 Å². The number of hydrogen-bond donors (Lipinski definition) is 1. The summed E-state index contributed by atoms with van der Waals surface area (Å²) in [7, 11) is 0. The molecule has 2 aromatic heterocycles. The predicted octanol–water partition coefficient (Wildman–Crippen LogP) is 3.58. The molecule has 0 radical (unpaired) electrons. The Hall–Kier alpha value is -1.30. The minimum absolute atomic E-state index is 0.514. The Kier molecular flexibility index (Phi) is 3.11. The van der Waals surface area contributed by atoms with E-state index in [2.05, 4.69) is 32.0 Å². The molecule has 2 heterocycles. The van der Waals surface area contributed by atoms with Crippen LogP contribution in [0.3, 0.4) is 0 Å². The molecule has 3 nitrogen and oxygen atoms in total. The lowest BCUT2D eigenvalue weighted by Gasteiger charge is -1.97. The van der Waals surface area contributed by atoms with Crippen molar-refractivity contribution in [2.45, 2.75) is 6.54 Å². The fourth-order valence-corrected chi connectivity index (χ4v) is 2.95. The minimum Gasteiger partial charge on any atom is -0.326 e. The molecule has 0 atom stereocenters. The Bertz CT molecular complexity index is 691. The van der Waals surface area contributed by atoms with E-state index in [1.165, 1.54) is 0 Å². The average molecular weight is 320 g/mol. The molecule has 1 aromatic carbocycles. The van der Waals surface area contributed by atoms with Crippen molar-refractivity contribution in [2.24, 2.45) is 5.73 Å². The molecule has 3 aromatic rings. The monoisotopic (exact) mass is 319 g/mol. The van der Waals surface area contributed by atoms with Crippen LogP contribution in [0.1, 0.15) is 5.56 Å². The molecule has 3 rings (SSSR count). The zero-order chi connectivity index (χ0) is 12.5. The summed E-state index contributed by atoms with van der Waals surface area (Å²) in [6, 6.07) is 10.1. The second-order valence-electron chi connectivity index (χ2n) is 3.89. The molecule has 0 bridgehead atoms. The summed E-state index contributed by atoms with van der Waals surface area (Å²) in [5.41, 5.74) is 8.48. The summed E-state index contributed by atoms with van der Waals surface area (Å²) in [6.45, 7) is 0.514. The van der Waals surface area contributed by atoms with Crippen molar-refractivity contribution in [1.29, 1.82) is 0 Å². The molecule has 5 heteroatoms. The maximum absolute atomic E-state index is 5.56. The number of halogens is 1. The molecule has 2 N–H and O–H groups in total. The number of pyridine rings is 1. The number of nitrogens with two attached hydrogens (primary N) is 1. The lowest BCUT2D eigenvalue weighted by molar-refractivity contribution is 1.05. The van der Waals surface area contributed by atoms with Gasteiger partial charge in [-0.15, -0.1) is 11.3 Å². The highest BCUT2D eigenvalue weighted by atomic mass is 79.9. The van der Waals surface area contributed by atoms with E-state index in [-0.39, 0.29) is 0 Å². The number of thiazole rings is 1. The van der Waals surface area contributed by atoms with Crippen LogP contribution in [0.5, 0.6) is 0 Å². The number of nitrogens with zero attached hydrogens (tertiary/aromatic N) is 2. The lowest BCUT2D eigenvalue weighted by atomic mass is 10.2. The highest BCUT2D eigenvalue weighted by Gasteiger charge is 2.07. The molecular weight excluding hydrogens is 310 g/mol. The topological polar surface area (TPSA) is 51.8 Å². The van der Waals surface area contributed by atoms with Gasteiger partial charge in [-0.05, 0) is 29.8 Å². The fraction of sp³-hybridized carbons (Fsp3) is 0.0769. The summed E-state index contributed by atoms with van der Waals surface area (Å²) < 4.78 is 2.20. The second kappa shape index (κ2) is 4.76. The number of aromatic nitrogens is 2. The van der Waals surface area contributed by atoms with E-state index in [0.29, 0.717) is 6.54 Å². The number of fused-ring (bicyclic) bond motifs is 1. The first-order chi connectivity index (χ1) is 8.76. The van der Waals surface area contributed by atoms with Crippen molar-refractivity contribution in [1.82, 2.24) is 9.97 Å². The van der Waals surface area contributed by atoms with Crippen molar-refractivity contribution in [2.75, 3.05) is 0 Å². The van der Waals surface area contributed by atoms with Gasteiger partial charge in [-0.2, -0.15) is 0 Å². The molecule has 0 unspecified atom stereocenters. The van der Waals surface area contributed by atoms with E-state index in [9.17, 15) is 0 Å². The molecule has 0 saturated carbocycles. The van der Waals surface area contributed by atoms with Crippen molar-refractivity contribution in [3.8, 4) is 10.7 Å². The van der Waals surface area contributed by atoms with Gasteiger partial charge < -0.3 is 5.73 Å². The van der Waals surface area contributed by atoms with Crippen molar-refractivity contribution in [3.63, 3.8) is 0 Å². The third kappa shape index (κ3) is 2.16. The first kappa shape index (κ1) is 11.8. The summed E-state index contributed by atoms with van der Waals surface area (Å²) >= 11 is 5.10. The summed E-state index contributed by atoms with van der Waals surface area (Å²) in [5, 5.41) is 0.937. The van der Waals surface area contributed by atoms with Gasteiger partial charge in [0.15, 0.2) is 0 Å². The van der Waals surface area contributed by atoms with Gasteiger partial charge in [-0.25, -0.2) is 4.98 Å². The largest absolute Gasteiger partial charge is 0.326 e. The normalized spacial score (nSPS) is 11.0. The predicted molar refractivity (Wildman–Crippen MR) is 78.4 cm³/mol. The van der Waals surface area contributed by atoms with Gasteiger partial charge in [0.05, 0.1) is 15.9 Å². The maximum atomic E-state index is 5.56. The van der Waals surface area contributed by atoms with Crippen LogP contribution in [-0.2, 0) is 6.54 Å². The van der Waals surface area contributed by atoms with Gasteiger partial charge in [0.2, 0.25) is 0 Å². The zero-order valence-corrected chi connectivity index (χ0v) is 11.8. The Balaban J connectivity index is 2.07. The van der Waals surface area contributed by atoms with Crippen LogP contribution in [-0.4, -0.2) is 9.97 Å². The molecule has 0 spiro atoms. The van der Waals surface area contributed by atoms with Gasteiger partial charge in [-0.3, -0.25) is 4.98 Å². The minimum atomic E-state index is 0.514. The van der Waals surface area contributed by atoms with Crippen molar-refractivity contribution < 1.29 is 0 Å². The van der Waals surface area contributed by atoms with Crippen LogP contribution >= 0.6 is 27.3 Å². The smallest absolute Gasteiger partial charge is 0.143 e. The molecule has 0 aliphatic carbocycles. The first-order valence-corrected chi connectivity index (χ1v) is 7.08. The third-order valence-electron chi connectivity index (χ3n) is 2.63.